The van der Waals surface area contributed by atoms with E-state index in [1.165, 1.54) is 4.90 Å². The number of carboxylic acid groups (broad SMARTS) is 1. The first-order chi connectivity index (χ1) is 7.84. The van der Waals surface area contributed by atoms with Gasteiger partial charge in [-0.1, -0.05) is 0 Å². The minimum Gasteiger partial charge on any atom is -0.481 e. The maximum atomic E-state index is 11.4. The first-order valence-corrected chi connectivity index (χ1v) is 5.63. The second kappa shape index (κ2) is 7.65. The number of amides is 3. The Balaban J connectivity index is 3.79. The van der Waals surface area contributed by atoms with Crippen LogP contribution in [0, 0.1) is 0 Å². The van der Waals surface area contributed by atoms with Crippen LogP contribution in [0.15, 0.2) is 0 Å². The molecule has 17 heavy (non-hydrogen) atoms. The Morgan fingerprint density at radius 1 is 1.18 bits per heavy atom. The van der Waals surface area contributed by atoms with Crippen molar-refractivity contribution in [3.05, 3.63) is 0 Å². The van der Waals surface area contributed by atoms with Gasteiger partial charge in [0.05, 0.1) is 0 Å². The highest BCUT2D eigenvalue weighted by atomic mass is 16.4. The average molecular weight is 244 g/mol. The molecule has 0 heterocycles. The molecule has 0 saturated carbocycles. The third-order valence-electron chi connectivity index (χ3n) is 2.39. The van der Waals surface area contributed by atoms with Crippen LogP contribution in [0.3, 0.4) is 0 Å². The highest BCUT2D eigenvalue weighted by Gasteiger charge is 2.14. The van der Waals surface area contributed by atoms with Crippen molar-refractivity contribution in [1.29, 1.82) is 0 Å². The lowest BCUT2D eigenvalue weighted by atomic mass is 10.2. The zero-order valence-electron chi connectivity index (χ0n) is 10.5. The van der Waals surface area contributed by atoms with Crippen LogP contribution in [-0.2, 0) is 9.59 Å². The van der Waals surface area contributed by atoms with Gasteiger partial charge in [-0.3, -0.25) is 14.9 Å². The first kappa shape index (κ1) is 15.4. The molecule has 0 atom stereocenters. The van der Waals surface area contributed by atoms with Crippen molar-refractivity contribution in [2.75, 3.05) is 7.05 Å². The van der Waals surface area contributed by atoms with Crippen LogP contribution in [0.25, 0.3) is 0 Å². The monoisotopic (exact) mass is 244 g/mol. The molecule has 6 nitrogen and oxygen atoms in total. The second-order valence-corrected chi connectivity index (χ2v) is 4.16. The van der Waals surface area contributed by atoms with Crippen LogP contribution in [-0.4, -0.2) is 41.0 Å². The molecule has 0 aromatic carbocycles. The maximum absolute atomic E-state index is 11.4. The van der Waals surface area contributed by atoms with Crippen molar-refractivity contribution in [3.63, 3.8) is 0 Å². The molecule has 0 rings (SSSR count). The zero-order valence-corrected chi connectivity index (χ0v) is 10.5. The maximum Gasteiger partial charge on any atom is 0.324 e. The van der Waals surface area contributed by atoms with Gasteiger partial charge in [0.2, 0.25) is 5.91 Å². The summed E-state index contributed by atoms with van der Waals surface area (Å²) >= 11 is 0. The van der Waals surface area contributed by atoms with Crippen LogP contribution in [0.4, 0.5) is 4.79 Å². The third kappa shape index (κ3) is 7.32. The summed E-state index contributed by atoms with van der Waals surface area (Å²) in [4.78, 5) is 34.4. The molecular weight excluding hydrogens is 224 g/mol. The Morgan fingerprint density at radius 2 is 1.71 bits per heavy atom. The number of carbonyl (C=O) groups excluding carboxylic acids is 2. The summed E-state index contributed by atoms with van der Waals surface area (Å²) in [7, 11) is 1.61. The van der Waals surface area contributed by atoms with Crippen molar-refractivity contribution in [1.82, 2.24) is 10.2 Å². The number of hydrogen-bond acceptors (Lipinski definition) is 3. The van der Waals surface area contributed by atoms with E-state index in [4.69, 9.17) is 5.11 Å². The number of urea groups is 1. The summed E-state index contributed by atoms with van der Waals surface area (Å²) in [5.41, 5.74) is 0. The van der Waals surface area contributed by atoms with E-state index in [0.717, 1.165) is 0 Å². The average Bonchev–Trinajstić information content (AvgIpc) is 2.22. The minimum atomic E-state index is -0.874. The lowest BCUT2D eigenvalue weighted by Gasteiger charge is -2.21. The molecular formula is C11H20N2O4. The van der Waals surface area contributed by atoms with Gasteiger partial charge in [0.25, 0.3) is 0 Å². The first-order valence-electron chi connectivity index (χ1n) is 5.63. The smallest absolute Gasteiger partial charge is 0.324 e. The molecule has 0 aliphatic carbocycles. The molecule has 0 unspecified atom stereocenters. The number of unbranched alkanes of at least 4 members (excludes halogenated alkanes) is 1. The van der Waals surface area contributed by atoms with Crippen molar-refractivity contribution >= 4 is 17.9 Å². The number of nitrogens with zero attached hydrogens (tertiary/aromatic N) is 1. The standard InChI is InChI=1S/C11H20N2O4/c1-8(2)13(3)11(17)12-9(14)6-4-5-7-10(15)16/h8H,4-7H2,1-3H3,(H,15,16)(H,12,14,17). The van der Waals surface area contributed by atoms with Gasteiger partial charge in [-0.2, -0.15) is 0 Å². The highest BCUT2D eigenvalue weighted by molar-refractivity contribution is 5.94. The normalized spacial score (nSPS) is 10.1. The number of rotatable bonds is 6. The molecule has 0 aliphatic rings. The van der Waals surface area contributed by atoms with E-state index in [-0.39, 0.29) is 24.8 Å². The third-order valence-corrected chi connectivity index (χ3v) is 2.39. The fourth-order valence-corrected chi connectivity index (χ4v) is 1.07. The summed E-state index contributed by atoms with van der Waals surface area (Å²) in [6, 6.07) is -0.405. The lowest BCUT2D eigenvalue weighted by molar-refractivity contribution is -0.137. The largest absolute Gasteiger partial charge is 0.481 e. The summed E-state index contributed by atoms with van der Waals surface area (Å²) < 4.78 is 0. The molecule has 0 spiro atoms. The fraction of sp³-hybridized carbons (Fsp3) is 0.727. The Bertz CT molecular complexity index is 289. The van der Waals surface area contributed by atoms with E-state index < -0.39 is 12.0 Å². The SMILES string of the molecule is CC(C)N(C)C(=O)NC(=O)CCCCC(=O)O. The van der Waals surface area contributed by atoms with E-state index in [0.29, 0.717) is 12.8 Å². The number of carboxylic acids is 1. The van der Waals surface area contributed by atoms with E-state index in [1.807, 2.05) is 13.8 Å². The molecule has 0 aliphatic heterocycles. The molecule has 2 N–H and O–H groups in total. The summed E-state index contributed by atoms with van der Waals surface area (Å²) in [5.74, 6) is -1.24. The van der Waals surface area contributed by atoms with Gasteiger partial charge in [0.1, 0.15) is 0 Å². The van der Waals surface area contributed by atoms with Gasteiger partial charge in [0, 0.05) is 25.9 Å². The number of nitrogens with one attached hydrogen (secondary N) is 1. The number of imide groups is 1. The highest BCUT2D eigenvalue weighted by Crippen LogP contribution is 2.00. The van der Waals surface area contributed by atoms with E-state index in [2.05, 4.69) is 5.32 Å². The minimum absolute atomic E-state index is 0.0230. The van der Waals surface area contributed by atoms with Gasteiger partial charge in [-0.15, -0.1) is 0 Å². The Labute approximate surface area is 101 Å². The van der Waals surface area contributed by atoms with Crippen molar-refractivity contribution in [3.8, 4) is 0 Å². The fourth-order valence-electron chi connectivity index (χ4n) is 1.07. The Kier molecular flexibility index (Phi) is 6.93. The summed E-state index contributed by atoms with van der Waals surface area (Å²) in [5, 5.41) is 10.6. The van der Waals surface area contributed by atoms with E-state index in [9.17, 15) is 14.4 Å². The molecule has 0 bridgehead atoms. The number of aliphatic carboxylic acids is 1. The Morgan fingerprint density at radius 3 is 2.18 bits per heavy atom. The van der Waals surface area contributed by atoms with Crippen molar-refractivity contribution < 1.29 is 19.5 Å². The van der Waals surface area contributed by atoms with Crippen LogP contribution < -0.4 is 5.32 Å². The molecule has 0 radical (unpaired) electrons. The van der Waals surface area contributed by atoms with Crippen LogP contribution in [0.5, 0.6) is 0 Å². The molecule has 0 aromatic rings. The van der Waals surface area contributed by atoms with E-state index >= 15 is 0 Å². The van der Waals surface area contributed by atoms with E-state index in [1.54, 1.807) is 7.05 Å². The molecule has 0 aromatic heterocycles. The van der Waals surface area contributed by atoms with Crippen LogP contribution >= 0.6 is 0 Å². The van der Waals surface area contributed by atoms with Gasteiger partial charge in [-0.05, 0) is 26.7 Å². The molecule has 0 fully saturated rings. The topological polar surface area (TPSA) is 86.7 Å². The summed E-state index contributed by atoms with van der Waals surface area (Å²) in [6.07, 6.45) is 1.13. The predicted octanol–water partition coefficient (Wildman–Crippen LogP) is 1.21. The van der Waals surface area contributed by atoms with Gasteiger partial charge >= 0.3 is 12.0 Å². The van der Waals surface area contributed by atoms with Crippen LogP contribution in [0.1, 0.15) is 39.5 Å². The summed E-state index contributed by atoms with van der Waals surface area (Å²) in [6.45, 7) is 3.69. The van der Waals surface area contributed by atoms with Crippen molar-refractivity contribution in [2.45, 2.75) is 45.6 Å². The quantitative estimate of drug-likeness (QED) is 0.687. The van der Waals surface area contributed by atoms with Gasteiger partial charge in [-0.25, -0.2) is 4.79 Å². The molecule has 98 valence electrons. The lowest BCUT2D eigenvalue weighted by Crippen LogP contribution is -2.43. The zero-order chi connectivity index (χ0) is 13.4. The Hall–Kier alpha value is -1.59. The number of carbonyl (C=O) groups is 3. The molecule has 6 heteroatoms. The van der Waals surface area contributed by atoms with Crippen molar-refractivity contribution in [2.24, 2.45) is 0 Å². The van der Waals surface area contributed by atoms with Gasteiger partial charge < -0.3 is 10.0 Å². The number of hydrogen-bond donors (Lipinski definition) is 2. The second-order valence-electron chi connectivity index (χ2n) is 4.16. The molecule has 3 amide bonds. The predicted molar refractivity (Wildman–Crippen MR) is 62.5 cm³/mol. The molecule has 0 saturated heterocycles. The van der Waals surface area contributed by atoms with Crippen LogP contribution in [0.2, 0.25) is 0 Å². The van der Waals surface area contributed by atoms with Gasteiger partial charge in [0.15, 0.2) is 0 Å².